The molecule has 0 aromatic heterocycles. The summed E-state index contributed by atoms with van der Waals surface area (Å²) in [5.41, 5.74) is 0.540. The highest BCUT2D eigenvalue weighted by atomic mass is 79.9. The second kappa shape index (κ2) is 4.53. The molecule has 0 unspecified atom stereocenters. The summed E-state index contributed by atoms with van der Waals surface area (Å²) in [4.78, 5) is 24.6. The third-order valence-corrected chi connectivity index (χ3v) is 6.14. The fraction of sp³-hybridized carbons (Fsp3) is 0.467. The van der Waals surface area contributed by atoms with E-state index in [1.165, 1.54) is 24.3 Å². The summed E-state index contributed by atoms with van der Waals surface area (Å²) in [6.07, 6.45) is 0.765. The lowest BCUT2D eigenvalue weighted by Gasteiger charge is -2.27. The Morgan fingerprint density at radius 2 is 2.00 bits per heavy atom. The first kappa shape index (κ1) is 13.2. The van der Waals surface area contributed by atoms with E-state index in [0.717, 1.165) is 6.42 Å². The monoisotopic (exact) mass is 353 g/mol. The maximum Gasteiger partial charge on any atom is 0.310 e. The van der Waals surface area contributed by atoms with Crippen LogP contribution in [0.4, 0.5) is 10.1 Å². The number of nitrogens with one attached hydrogen (secondary N) is 1. The predicted molar refractivity (Wildman–Crippen MR) is 76.2 cm³/mol. The van der Waals surface area contributed by atoms with E-state index >= 15 is 0 Å². The lowest BCUT2D eigenvalue weighted by molar-refractivity contribution is -0.145. The number of carbonyl (C=O) groups excluding carboxylic acids is 2. The van der Waals surface area contributed by atoms with Gasteiger partial charge in [0, 0.05) is 11.6 Å². The average molecular weight is 354 g/mol. The highest BCUT2D eigenvalue weighted by Crippen LogP contribution is 2.60. The van der Waals surface area contributed by atoms with Crippen molar-refractivity contribution in [1.82, 2.24) is 0 Å². The number of ether oxygens (including phenoxy) is 1. The van der Waals surface area contributed by atoms with E-state index in [9.17, 15) is 14.0 Å². The Balaban J connectivity index is 1.57. The summed E-state index contributed by atoms with van der Waals surface area (Å²) in [5.74, 6) is -1.21. The van der Waals surface area contributed by atoms with E-state index in [-0.39, 0.29) is 52.3 Å². The van der Waals surface area contributed by atoms with Crippen LogP contribution in [0, 0.1) is 29.5 Å². The molecule has 2 aliphatic carbocycles. The van der Waals surface area contributed by atoms with Crippen LogP contribution in [-0.4, -0.2) is 22.8 Å². The van der Waals surface area contributed by atoms with Crippen LogP contribution in [0.3, 0.4) is 0 Å². The molecule has 3 fully saturated rings. The molecule has 1 heterocycles. The fourth-order valence-corrected chi connectivity index (χ4v) is 5.13. The van der Waals surface area contributed by atoms with Crippen LogP contribution in [-0.2, 0) is 14.3 Å². The second-order valence-electron chi connectivity index (χ2n) is 5.96. The van der Waals surface area contributed by atoms with E-state index in [0.29, 0.717) is 5.69 Å². The minimum Gasteiger partial charge on any atom is -0.461 e. The Hall–Kier alpha value is -1.43. The summed E-state index contributed by atoms with van der Waals surface area (Å²) < 4.78 is 18.3. The molecule has 110 valence electrons. The molecule has 1 N–H and O–H groups in total. The summed E-state index contributed by atoms with van der Waals surface area (Å²) in [6, 6.07) is 5.62. The van der Waals surface area contributed by atoms with Crippen LogP contribution in [0.15, 0.2) is 24.3 Å². The first-order valence-corrected chi connectivity index (χ1v) is 7.89. The Morgan fingerprint density at radius 1 is 1.29 bits per heavy atom. The van der Waals surface area contributed by atoms with Gasteiger partial charge in [-0.25, -0.2) is 4.39 Å². The number of benzene rings is 1. The molecule has 21 heavy (non-hydrogen) atoms. The Kier molecular flexibility index (Phi) is 2.86. The molecule has 1 saturated heterocycles. The lowest BCUT2D eigenvalue weighted by Crippen LogP contribution is -2.40. The number of fused-ring (bicyclic) bond motifs is 1. The molecular formula is C15H13BrFNO3. The fourth-order valence-electron chi connectivity index (χ4n) is 4.09. The van der Waals surface area contributed by atoms with Crippen molar-refractivity contribution in [3.05, 3.63) is 30.1 Å². The number of anilines is 1. The van der Waals surface area contributed by atoms with Crippen molar-refractivity contribution in [2.24, 2.45) is 23.7 Å². The van der Waals surface area contributed by atoms with E-state index in [1.807, 2.05) is 0 Å². The normalized spacial score (nSPS) is 39.4. The predicted octanol–water partition coefficient (Wildman–Crippen LogP) is 2.34. The second-order valence-corrected chi connectivity index (χ2v) is 7.01. The van der Waals surface area contributed by atoms with Gasteiger partial charge in [0.05, 0.1) is 16.7 Å². The molecular weight excluding hydrogens is 341 g/mol. The van der Waals surface area contributed by atoms with E-state index in [1.54, 1.807) is 0 Å². The number of alkyl halides is 1. The number of carbonyl (C=O) groups is 2. The summed E-state index contributed by atoms with van der Waals surface area (Å²) in [5, 5.41) is 2.79. The van der Waals surface area contributed by atoms with E-state index < -0.39 is 0 Å². The minimum atomic E-state index is -0.365. The molecule has 0 radical (unpaired) electrons. The van der Waals surface area contributed by atoms with Gasteiger partial charge in [0.1, 0.15) is 11.9 Å². The van der Waals surface area contributed by atoms with Crippen LogP contribution < -0.4 is 5.32 Å². The SMILES string of the molecule is O=C(Nc1ccc(F)cc1)[C@@H]1[C@H]2C[C@H]3[C@H](OC(=O)[C@@H]31)[C@H]2Br. The van der Waals surface area contributed by atoms with Gasteiger partial charge in [-0.2, -0.15) is 0 Å². The van der Waals surface area contributed by atoms with Gasteiger partial charge in [-0.1, -0.05) is 15.9 Å². The van der Waals surface area contributed by atoms with Crippen molar-refractivity contribution in [1.29, 1.82) is 0 Å². The largest absolute Gasteiger partial charge is 0.461 e. The molecule has 1 aromatic carbocycles. The first-order chi connectivity index (χ1) is 10.1. The Bertz CT molecular complexity index is 620. The topological polar surface area (TPSA) is 55.4 Å². The van der Waals surface area contributed by atoms with Gasteiger partial charge in [-0.05, 0) is 36.6 Å². The molecule has 1 aromatic rings. The van der Waals surface area contributed by atoms with Crippen molar-refractivity contribution in [2.75, 3.05) is 5.32 Å². The quantitative estimate of drug-likeness (QED) is 0.655. The minimum absolute atomic E-state index is 0.0502. The van der Waals surface area contributed by atoms with E-state index in [2.05, 4.69) is 21.2 Å². The lowest BCUT2D eigenvalue weighted by atomic mass is 9.79. The van der Waals surface area contributed by atoms with Gasteiger partial charge < -0.3 is 10.1 Å². The summed E-state index contributed by atoms with van der Waals surface area (Å²) >= 11 is 3.57. The van der Waals surface area contributed by atoms with Gasteiger partial charge in [0.25, 0.3) is 0 Å². The van der Waals surface area contributed by atoms with Crippen molar-refractivity contribution in [2.45, 2.75) is 17.4 Å². The van der Waals surface area contributed by atoms with Crippen molar-refractivity contribution in [3.8, 4) is 0 Å². The highest BCUT2D eigenvalue weighted by molar-refractivity contribution is 9.09. The number of hydrogen-bond donors (Lipinski definition) is 1. The molecule has 1 aliphatic heterocycles. The summed E-state index contributed by atoms with van der Waals surface area (Å²) in [6.45, 7) is 0. The zero-order valence-electron chi connectivity index (χ0n) is 11.0. The molecule has 6 atom stereocenters. The smallest absolute Gasteiger partial charge is 0.310 e. The standard InChI is InChI=1S/C15H13BrFNO3/c16-12-8-5-9-11(15(20)21-13(9)12)10(8)14(19)18-7-3-1-6(17)2-4-7/h1-4,8-13H,5H2,(H,18,19)/t8-,9-,10-,11+,12+,13+/m1/s1. The number of halogens is 2. The van der Waals surface area contributed by atoms with Gasteiger partial charge in [-0.3, -0.25) is 9.59 Å². The van der Waals surface area contributed by atoms with Gasteiger partial charge in [0.15, 0.2) is 0 Å². The van der Waals surface area contributed by atoms with Gasteiger partial charge >= 0.3 is 5.97 Å². The highest BCUT2D eigenvalue weighted by Gasteiger charge is 2.67. The average Bonchev–Trinajstić information content (AvgIpc) is 3.05. The van der Waals surface area contributed by atoms with Crippen LogP contribution in [0.5, 0.6) is 0 Å². The molecule has 1 amide bonds. The Labute approximate surface area is 129 Å². The molecule has 2 bridgehead atoms. The van der Waals surface area contributed by atoms with Crippen LogP contribution in [0.2, 0.25) is 0 Å². The molecule has 4 rings (SSSR count). The summed E-state index contributed by atoms with van der Waals surface area (Å²) in [7, 11) is 0. The molecule has 6 heteroatoms. The molecule has 3 aliphatic rings. The Morgan fingerprint density at radius 3 is 2.71 bits per heavy atom. The van der Waals surface area contributed by atoms with Crippen molar-refractivity contribution < 1.29 is 18.7 Å². The van der Waals surface area contributed by atoms with Crippen LogP contribution in [0.25, 0.3) is 0 Å². The zero-order chi connectivity index (χ0) is 14.7. The van der Waals surface area contributed by atoms with Crippen molar-refractivity contribution in [3.63, 3.8) is 0 Å². The third kappa shape index (κ3) is 1.84. The third-order valence-electron chi connectivity index (χ3n) is 4.94. The zero-order valence-corrected chi connectivity index (χ0v) is 12.5. The van der Waals surface area contributed by atoms with Crippen molar-refractivity contribution >= 4 is 33.5 Å². The van der Waals surface area contributed by atoms with Gasteiger partial charge in [-0.15, -0.1) is 0 Å². The number of rotatable bonds is 2. The van der Waals surface area contributed by atoms with Gasteiger partial charge in [0.2, 0.25) is 5.91 Å². The van der Waals surface area contributed by atoms with Crippen LogP contribution >= 0.6 is 15.9 Å². The number of hydrogen-bond acceptors (Lipinski definition) is 3. The van der Waals surface area contributed by atoms with E-state index in [4.69, 9.17) is 4.74 Å². The first-order valence-electron chi connectivity index (χ1n) is 6.97. The molecule has 0 spiro atoms. The van der Waals surface area contributed by atoms with Crippen LogP contribution in [0.1, 0.15) is 6.42 Å². The number of amides is 1. The maximum absolute atomic E-state index is 12.9. The maximum atomic E-state index is 12.9. The number of esters is 1. The molecule has 4 nitrogen and oxygen atoms in total. The molecule has 2 saturated carbocycles.